The third-order valence-electron chi connectivity index (χ3n) is 4.43. The molecule has 6 heteroatoms. The summed E-state index contributed by atoms with van der Waals surface area (Å²) < 4.78 is 0. The van der Waals surface area contributed by atoms with Gasteiger partial charge in [-0.2, -0.15) is 0 Å². The van der Waals surface area contributed by atoms with Gasteiger partial charge < -0.3 is 15.5 Å². The fourth-order valence-corrected chi connectivity index (χ4v) is 2.39. The molecule has 1 rings (SSSR count). The van der Waals surface area contributed by atoms with Crippen LogP contribution < -0.4 is 10.6 Å². The van der Waals surface area contributed by atoms with Gasteiger partial charge in [0.2, 0.25) is 0 Å². The number of guanidine groups is 1. The van der Waals surface area contributed by atoms with Crippen LogP contribution in [0.4, 0.5) is 0 Å². The van der Waals surface area contributed by atoms with Crippen LogP contribution in [0.5, 0.6) is 0 Å². The number of rotatable bonds is 10. The van der Waals surface area contributed by atoms with E-state index in [9.17, 15) is 0 Å². The molecule has 2 N–H and O–H groups in total. The average Bonchev–Trinajstić information content (AvgIpc) is 2.60. The predicted octanol–water partition coefficient (Wildman–Crippen LogP) is 2.63. The van der Waals surface area contributed by atoms with Gasteiger partial charge in [-0.3, -0.25) is 9.89 Å². The van der Waals surface area contributed by atoms with Crippen molar-refractivity contribution in [3.63, 3.8) is 0 Å². The van der Waals surface area contributed by atoms with Crippen molar-refractivity contribution in [3.05, 3.63) is 35.9 Å². The van der Waals surface area contributed by atoms with E-state index in [0.717, 1.165) is 45.1 Å². The Labute approximate surface area is 171 Å². The molecule has 0 aromatic heterocycles. The summed E-state index contributed by atoms with van der Waals surface area (Å²) in [5.74, 6) is 0.886. The summed E-state index contributed by atoms with van der Waals surface area (Å²) in [6, 6.07) is 11.1. The van der Waals surface area contributed by atoms with E-state index in [-0.39, 0.29) is 24.0 Å². The Morgan fingerprint density at radius 1 is 1.12 bits per heavy atom. The predicted molar refractivity (Wildman–Crippen MR) is 120 cm³/mol. The Morgan fingerprint density at radius 2 is 1.76 bits per heavy atom. The Balaban J connectivity index is 0.00000576. The van der Waals surface area contributed by atoms with E-state index in [0.29, 0.717) is 6.04 Å². The molecule has 1 aromatic rings. The largest absolute Gasteiger partial charge is 0.356 e. The van der Waals surface area contributed by atoms with Crippen molar-refractivity contribution in [2.75, 3.05) is 47.3 Å². The van der Waals surface area contributed by atoms with Crippen LogP contribution in [-0.4, -0.2) is 69.1 Å². The Bertz CT molecular complexity index is 466. The van der Waals surface area contributed by atoms with Gasteiger partial charge in [-0.25, -0.2) is 0 Å². The topological polar surface area (TPSA) is 42.9 Å². The van der Waals surface area contributed by atoms with Crippen LogP contribution in [0, 0.1) is 0 Å². The summed E-state index contributed by atoms with van der Waals surface area (Å²) in [5.41, 5.74) is 1.36. The molecule has 0 heterocycles. The number of hydrogen-bond donors (Lipinski definition) is 2. The highest BCUT2D eigenvalue weighted by atomic mass is 127. The van der Waals surface area contributed by atoms with Crippen LogP contribution in [0.15, 0.2) is 35.3 Å². The Hall–Kier alpha value is -0.860. The molecular weight excluding hydrogens is 425 g/mol. The van der Waals surface area contributed by atoms with Crippen molar-refractivity contribution in [2.24, 2.45) is 4.99 Å². The molecule has 1 atom stereocenters. The summed E-state index contributed by atoms with van der Waals surface area (Å²) in [6.45, 7) is 9.35. The van der Waals surface area contributed by atoms with E-state index in [1.54, 1.807) is 0 Å². The first-order valence-electron chi connectivity index (χ1n) is 8.94. The molecule has 0 amide bonds. The van der Waals surface area contributed by atoms with E-state index in [1.807, 2.05) is 7.05 Å². The van der Waals surface area contributed by atoms with Crippen LogP contribution in [0.25, 0.3) is 0 Å². The normalized spacial score (nSPS) is 12.8. The fourth-order valence-electron chi connectivity index (χ4n) is 2.39. The van der Waals surface area contributed by atoms with Gasteiger partial charge in [0.05, 0.1) is 0 Å². The second-order valence-corrected chi connectivity index (χ2v) is 6.36. The van der Waals surface area contributed by atoms with Crippen molar-refractivity contribution in [3.8, 4) is 0 Å². The lowest BCUT2D eigenvalue weighted by atomic mass is 10.1. The van der Waals surface area contributed by atoms with Gasteiger partial charge in [0, 0.05) is 39.3 Å². The molecule has 0 radical (unpaired) electrons. The molecule has 25 heavy (non-hydrogen) atoms. The molecule has 0 aliphatic rings. The number of halogens is 1. The van der Waals surface area contributed by atoms with Crippen LogP contribution in [0.1, 0.15) is 25.8 Å². The minimum atomic E-state index is 0. The first kappa shape index (κ1) is 24.1. The quantitative estimate of drug-likeness (QED) is 0.320. The fraction of sp³-hybridized carbons (Fsp3) is 0.632. The minimum Gasteiger partial charge on any atom is -0.356 e. The van der Waals surface area contributed by atoms with Gasteiger partial charge in [-0.1, -0.05) is 37.3 Å². The zero-order valence-corrected chi connectivity index (χ0v) is 18.8. The first-order chi connectivity index (χ1) is 11.6. The van der Waals surface area contributed by atoms with Crippen molar-refractivity contribution in [1.29, 1.82) is 0 Å². The van der Waals surface area contributed by atoms with E-state index < -0.39 is 0 Å². The summed E-state index contributed by atoms with van der Waals surface area (Å²) in [5, 5.41) is 6.77. The lowest BCUT2D eigenvalue weighted by molar-refractivity contribution is 0.238. The lowest BCUT2D eigenvalue weighted by Gasteiger charge is -2.25. The molecule has 0 spiro atoms. The average molecular weight is 461 g/mol. The molecule has 5 nitrogen and oxygen atoms in total. The molecule has 0 aliphatic carbocycles. The summed E-state index contributed by atoms with van der Waals surface area (Å²) in [7, 11) is 6.14. The second kappa shape index (κ2) is 14.3. The molecule has 0 fully saturated rings. The third kappa shape index (κ3) is 10.7. The highest BCUT2D eigenvalue weighted by Crippen LogP contribution is 2.07. The molecule has 0 aliphatic heterocycles. The molecule has 0 saturated heterocycles. The highest BCUT2D eigenvalue weighted by Gasteiger charge is 2.09. The number of benzene rings is 1. The van der Waals surface area contributed by atoms with Crippen molar-refractivity contribution in [1.82, 2.24) is 20.4 Å². The van der Waals surface area contributed by atoms with Gasteiger partial charge in [-0.15, -0.1) is 24.0 Å². The number of nitrogens with one attached hydrogen (secondary N) is 2. The van der Waals surface area contributed by atoms with Crippen LogP contribution in [0.3, 0.4) is 0 Å². The zero-order valence-electron chi connectivity index (χ0n) is 16.5. The molecular formula is C19H36IN5. The van der Waals surface area contributed by atoms with Crippen LogP contribution in [-0.2, 0) is 6.54 Å². The standard InChI is InChI=1S/C19H35N5.HI/c1-6-23(4)15-14-22-19(20-3)21-13-12-17(2)24(5)16-18-10-8-7-9-11-18;/h7-11,17H,6,12-16H2,1-5H3,(H2,20,21,22);1H. The number of likely N-dealkylation sites (N-methyl/N-ethyl adjacent to an activating group) is 1. The summed E-state index contributed by atoms with van der Waals surface area (Å²) in [4.78, 5) is 8.95. The SMILES string of the molecule is CCN(C)CCNC(=NC)NCCC(C)N(C)Cc1ccccc1.I. The van der Waals surface area contributed by atoms with Crippen molar-refractivity contribution < 1.29 is 0 Å². The van der Waals surface area contributed by atoms with E-state index in [2.05, 4.69) is 83.7 Å². The Kier molecular flexibility index (Phi) is 13.8. The Morgan fingerprint density at radius 3 is 2.36 bits per heavy atom. The zero-order chi connectivity index (χ0) is 17.8. The van der Waals surface area contributed by atoms with E-state index in [4.69, 9.17) is 0 Å². The number of hydrogen-bond acceptors (Lipinski definition) is 3. The maximum Gasteiger partial charge on any atom is 0.191 e. The monoisotopic (exact) mass is 461 g/mol. The minimum absolute atomic E-state index is 0. The van der Waals surface area contributed by atoms with Crippen molar-refractivity contribution >= 4 is 29.9 Å². The highest BCUT2D eigenvalue weighted by molar-refractivity contribution is 14.0. The smallest absolute Gasteiger partial charge is 0.191 e. The van der Waals surface area contributed by atoms with Crippen molar-refractivity contribution in [2.45, 2.75) is 32.9 Å². The van der Waals surface area contributed by atoms with Crippen LogP contribution in [0.2, 0.25) is 0 Å². The van der Waals surface area contributed by atoms with Gasteiger partial charge in [-0.05, 0) is 39.5 Å². The molecule has 144 valence electrons. The molecule has 1 unspecified atom stereocenters. The molecule has 0 bridgehead atoms. The van der Waals surface area contributed by atoms with Crippen LogP contribution >= 0.6 is 24.0 Å². The summed E-state index contributed by atoms with van der Waals surface area (Å²) in [6.07, 6.45) is 1.08. The maximum absolute atomic E-state index is 4.28. The van der Waals surface area contributed by atoms with E-state index >= 15 is 0 Å². The van der Waals surface area contributed by atoms with Gasteiger partial charge in [0.15, 0.2) is 5.96 Å². The second-order valence-electron chi connectivity index (χ2n) is 6.36. The van der Waals surface area contributed by atoms with Gasteiger partial charge in [0.25, 0.3) is 0 Å². The first-order valence-corrected chi connectivity index (χ1v) is 8.94. The molecule has 0 saturated carbocycles. The molecule has 1 aromatic carbocycles. The van der Waals surface area contributed by atoms with Gasteiger partial charge in [0.1, 0.15) is 0 Å². The van der Waals surface area contributed by atoms with E-state index in [1.165, 1.54) is 5.56 Å². The lowest BCUT2D eigenvalue weighted by Crippen LogP contribution is -2.42. The third-order valence-corrected chi connectivity index (χ3v) is 4.43. The summed E-state index contributed by atoms with van der Waals surface area (Å²) >= 11 is 0. The maximum atomic E-state index is 4.28. The van der Waals surface area contributed by atoms with Gasteiger partial charge >= 0.3 is 0 Å². The number of aliphatic imine (C=N–C) groups is 1. The number of nitrogens with zero attached hydrogens (tertiary/aromatic N) is 3.